The van der Waals surface area contributed by atoms with Crippen LogP contribution < -0.4 is 10.6 Å². The van der Waals surface area contributed by atoms with E-state index in [9.17, 15) is 4.79 Å². The van der Waals surface area contributed by atoms with Crippen LogP contribution in [-0.2, 0) is 4.79 Å². The number of nitrogens with two attached hydrogens (primary N) is 1. The van der Waals surface area contributed by atoms with Gasteiger partial charge in [-0.2, -0.15) is 0 Å². The van der Waals surface area contributed by atoms with Crippen LogP contribution in [0.1, 0.15) is 17.0 Å². The molecule has 0 bridgehead atoms. The average Bonchev–Trinajstić information content (AvgIpc) is 2.57. The Morgan fingerprint density at radius 3 is 1.79 bits per heavy atom. The molecule has 0 spiro atoms. The highest BCUT2D eigenvalue weighted by Gasteiger charge is 2.20. The smallest absolute Gasteiger partial charge is 0.229 e. The second kappa shape index (κ2) is 9.16. The van der Waals surface area contributed by atoms with Crippen molar-refractivity contribution in [3.63, 3.8) is 0 Å². The van der Waals surface area contributed by atoms with Crippen LogP contribution in [0.5, 0.6) is 0 Å². The van der Waals surface area contributed by atoms with Gasteiger partial charge in [0.25, 0.3) is 0 Å². The summed E-state index contributed by atoms with van der Waals surface area (Å²) in [5, 5.41) is 0.620. The van der Waals surface area contributed by atoms with Gasteiger partial charge in [0, 0.05) is 35.6 Å². The summed E-state index contributed by atoms with van der Waals surface area (Å²) in [4.78, 5) is 14.1. The maximum Gasteiger partial charge on any atom is 0.229 e. The summed E-state index contributed by atoms with van der Waals surface area (Å²) in [6.45, 7) is 1.42. The number of amides is 1. The lowest BCUT2D eigenvalue weighted by Gasteiger charge is -2.23. The van der Waals surface area contributed by atoms with Gasteiger partial charge in [-0.1, -0.05) is 35.9 Å². The SMILES string of the molecule is NC(=O)C(c1ccc(Cl)cc1)c1ccc(N(CCCl)CCCl)cc1. The lowest BCUT2D eigenvalue weighted by Crippen LogP contribution is -2.27. The highest BCUT2D eigenvalue weighted by molar-refractivity contribution is 6.30. The van der Waals surface area contributed by atoms with Crippen molar-refractivity contribution < 1.29 is 4.79 Å². The van der Waals surface area contributed by atoms with Crippen molar-refractivity contribution in [2.75, 3.05) is 29.7 Å². The number of hydrogen-bond acceptors (Lipinski definition) is 2. The predicted molar refractivity (Wildman–Crippen MR) is 103 cm³/mol. The lowest BCUT2D eigenvalue weighted by molar-refractivity contribution is -0.118. The molecule has 0 heterocycles. The summed E-state index contributed by atoms with van der Waals surface area (Å²) in [7, 11) is 0. The molecule has 6 heteroatoms. The van der Waals surface area contributed by atoms with Gasteiger partial charge >= 0.3 is 0 Å². The van der Waals surface area contributed by atoms with Gasteiger partial charge in [-0.3, -0.25) is 4.79 Å². The van der Waals surface area contributed by atoms with E-state index < -0.39 is 11.8 Å². The van der Waals surface area contributed by atoms with E-state index in [0.29, 0.717) is 29.9 Å². The van der Waals surface area contributed by atoms with Gasteiger partial charge < -0.3 is 10.6 Å². The lowest BCUT2D eigenvalue weighted by atomic mass is 9.90. The van der Waals surface area contributed by atoms with Crippen LogP contribution in [0.4, 0.5) is 5.69 Å². The fraction of sp³-hybridized carbons (Fsp3) is 0.278. The molecule has 24 heavy (non-hydrogen) atoms. The highest BCUT2D eigenvalue weighted by Crippen LogP contribution is 2.27. The molecule has 128 valence electrons. The van der Waals surface area contributed by atoms with E-state index in [0.717, 1.165) is 16.8 Å². The van der Waals surface area contributed by atoms with Gasteiger partial charge in [0.2, 0.25) is 5.91 Å². The number of carbonyl (C=O) groups excluding carboxylic acids is 1. The van der Waals surface area contributed by atoms with E-state index in [2.05, 4.69) is 4.90 Å². The molecule has 1 amide bonds. The third kappa shape index (κ3) is 4.79. The minimum absolute atomic E-state index is 0.400. The molecule has 2 aromatic carbocycles. The zero-order valence-electron chi connectivity index (χ0n) is 13.1. The van der Waals surface area contributed by atoms with E-state index in [1.807, 2.05) is 36.4 Å². The topological polar surface area (TPSA) is 46.3 Å². The molecule has 0 saturated heterocycles. The minimum atomic E-state index is -0.508. The molecular formula is C18H19Cl3N2O. The quantitative estimate of drug-likeness (QED) is 0.691. The zero-order valence-corrected chi connectivity index (χ0v) is 15.4. The van der Waals surface area contributed by atoms with Crippen molar-refractivity contribution in [2.45, 2.75) is 5.92 Å². The van der Waals surface area contributed by atoms with Crippen LogP contribution in [0.2, 0.25) is 5.02 Å². The molecule has 2 aromatic rings. The van der Waals surface area contributed by atoms with E-state index in [1.54, 1.807) is 12.1 Å². The first-order valence-electron chi connectivity index (χ1n) is 7.58. The number of benzene rings is 2. The molecule has 0 aromatic heterocycles. The highest BCUT2D eigenvalue weighted by atomic mass is 35.5. The molecule has 0 aliphatic rings. The van der Waals surface area contributed by atoms with Crippen molar-refractivity contribution in [1.29, 1.82) is 0 Å². The molecule has 0 aliphatic carbocycles. The predicted octanol–water partition coefficient (Wildman–Crippen LogP) is 4.24. The number of hydrogen-bond donors (Lipinski definition) is 1. The van der Waals surface area contributed by atoms with Crippen LogP contribution in [0.3, 0.4) is 0 Å². The largest absolute Gasteiger partial charge is 0.369 e. The van der Waals surface area contributed by atoms with Crippen molar-refractivity contribution in [1.82, 2.24) is 0 Å². The molecule has 0 aliphatic heterocycles. The third-order valence-corrected chi connectivity index (χ3v) is 4.38. The van der Waals surface area contributed by atoms with Gasteiger partial charge in [-0.05, 0) is 35.4 Å². The van der Waals surface area contributed by atoms with Gasteiger partial charge in [0.1, 0.15) is 0 Å². The average molecular weight is 386 g/mol. The minimum Gasteiger partial charge on any atom is -0.369 e. The summed E-state index contributed by atoms with van der Waals surface area (Å²) in [6.07, 6.45) is 0. The van der Waals surface area contributed by atoms with Crippen molar-refractivity contribution in [3.05, 3.63) is 64.7 Å². The van der Waals surface area contributed by atoms with E-state index in [-0.39, 0.29) is 0 Å². The summed E-state index contributed by atoms with van der Waals surface area (Å²) in [5.74, 6) is 0.134. The maximum atomic E-state index is 12.0. The van der Waals surface area contributed by atoms with Crippen LogP contribution in [0.25, 0.3) is 0 Å². The molecule has 0 saturated carbocycles. The molecule has 1 unspecified atom stereocenters. The number of primary amides is 1. The standard InChI is InChI=1S/C18H19Cl3N2O/c19-9-11-23(12-10-20)16-7-3-14(4-8-16)17(18(22)24)13-1-5-15(21)6-2-13/h1-8,17H,9-12H2,(H2,22,24). The zero-order chi connectivity index (χ0) is 17.5. The van der Waals surface area contributed by atoms with Crippen LogP contribution in [-0.4, -0.2) is 30.8 Å². The van der Waals surface area contributed by atoms with E-state index >= 15 is 0 Å². The molecular weight excluding hydrogens is 367 g/mol. The molecule has 3 nitrogen and oxygen atoms in total. The first-order chi connectivity index (χ1) is 11.6. The van der Waals surface area contributed by atoms with Crippen molar-refractivity contribution in [3.8, 4) is 0 Å². The molecule has 1 atom stereocenters. The molecule has 2 N–H and O–H groups in total. The third-order valence-electron chi connectivity index (χ3n) is 3.79. The summed E-state index contributed by atoms with van der Waals surface area (Å²) in [5.41, 5.74) is 8.28. The van der Waals surface area contributed by atoms with Gasteiger partial charge in [-0.15, -0.1) is 23.2 Å². The number of carbonyl (C=O) groups is 1. The van der Waals surface area contributed by atoms with Crippen molar-refractivity contribution in [2.24, 2.45) is 5.73 Å². The van der Waals surface area contributed by atoms with Crippen LogP contribution in [0.15, 0.2) is 48.5 Å². The van der Waals surface area contributed by atoms with Gasteiger partial charge in [0.05, 0.1) is 5.92 Å². The van der Waals surface area contributed by atoms with Gasteiger partial charge in [-0.25, -0.2) is 0 Å². The number of rotatable bonds is 8. The normalized spacial score (nSPS) is 12.0. The maximum absolute atomic E-state index is 12.0. The Hall–Kier alpha value is -1.42. The Bertz CT molecular complexity index is 653. The number of alkyl halides is 2. The Balaban J connectivity index is 2.28. The second-order valence-corrected chi connectivity index (χ2v) is 6.54. The fourth-order valence-electron chi connectivity index (χ4n) is 2.63. The number of halogens is 3. The summed E-state index contributed by atoms with van der Waals surface area (Å²) >= 11 is 17.6. The Kier molecular flexibility index (Phi) is 7.22. The van der Waals surface area contributed by atoms with Gasteiger partial charge in [0.15, 0.2) is 0 Å². The second-order valence-electron chi connectivity index (χ2n) is 5.34. The van der Waals surface area contributed by atoms with Crippen LogP contribution >= 0.6 is 34.8 Å². The van der Waals surface area contributed by atoms with Crippen LogP contribution in [0, 0.1) is 0 Å². The Morgan fingerprint density at radius 1 is 0.917 bits per heavy atom. The number of anilines is 1. The van der Waals surface area contributed by atoms with E-state index in [4.69, 9.17) is 40.5 Å². The molecule has 2 rings (SSSR count). The monoisotopic (exact) mass is 384 g/mol. The first kappa shape index (κ1) is 18.9. The fourth-order valence-corrected chi connectivity index (χ4v) is 3.16. The first-order valence-corrected chi connectivity index (χ1v) is 9.03. The summed E-state index contributed by atoms with van der Waals surface area (Å²) < 4.78 is 0. The summed E-state index contributed by atoms with van der Waals surface area (Å²) in [6, 6.07) is 14.9. The molecule has 0 radical (unpaired) electrons. The molecule has 0 fully saturated rings. The Morgan fingerprint density at radius 2 is 1.38 bits per heavy atom. The number of nitrogens with zero attached hydrogens (tertiary/aromatic N) is 1. The Labute approximate surface area is 157 Å². The van der Waals surface area contributed by atoms with Crippen molar-refractivity contribution >= 4 is 46.4 Å². The van der Waals surface area contributed by atoms with E-state index in [1.165, 1.54) is 0 Å².